The normalized spacial score (nSPS) is 18.8. The quantitative estimate of drug-likeness (QED) is 0.911. The Bertz CT molecular complexity index is 754. The first-order valence-corrected chi connectivity index (χ1v) is 9.71. The topological polar surface area (TPSA) is 51.2 Å². The Hall–Kier alpha value is -2.20. The zero-order chi connectivity index (χ0) is 17.8. The van der Waals surface area contributed by atoms with E-state index in [1.165, 1.54) is 24.0 Å². The molecule has 1 aliphatic heterocycles. The number of hydrogen-bond donors (Lipinski definition) is 1. The van der Waals surface area contributed by atoms with Gasteiger partial charge in [0.15, 0.2) is 0 Å². The van der Waals surface area contributed by atoms with Crippen molar-refractivity contribution in [2.24, 2.45) is 5.92 Å². The molecule has 1 fully saturated rings. The van der Waals surface area contributed by atoms with E-state index in [1.807, 2.05) is 18.3 Å². The van der Waals surface area contributed by atoms with Crippen molar-refractivity contribution in [3.8, 4) is 0 Å². The third kappa shape index (κ3) is 3.80. The van der Waals surface area contributed by atoms with Gasteiger partial charge in [-0.25, -0.2) is 0 Å². The summed E-state index contributed by atoms with van der Waals surface area (Å²) in [6.07, 6.45) is 10.3. The molecule has 26 heavy (non-hydrogen) atoms. The number of aryl methyl sites for hydroxylation is 2. The smallest absolute Gasteiger partial charge is 0.251 e. The van der Waals surface area contributed by atoms with Gasteiger partial charge < -0.3 is 10.1 Å². The highest BCUT2D eigenvalue weighted by Crippen LogP contribution is 2.30. The number of fused-ring (bicyclic) bond motifs is 1. The molecule has 1 unspecified atom stereocenters. The maximum absolute atomic E-state index is 13.0. The van der Waals surface area contributed by atoms with E-state index in [1.54, 1.807) is 6.20 Å². The lowest BCUT2D eigenvalue weighted by Gasteiger charge is -2.31. The number of ether oxygens (including phenoxy) is 1. The van der Waals surface area contributed by atoms with E-state index < -0.39 is 0 Å². The molecule has 1 amide bonds. The summed E-state index contributed by atoms with van der Waals surface area (Å²) in [5.74, 6) is 0.397. The molecular weight excluding hydrogens is 324 g/mol. The zero-order valence-electron chi connectivity index (χ0n) is 15.1. The number of carbonyl (C=O) groups is 1. The van der Waals surface area contributed by atoms with Crippen LogP contribution in [-0.2, 0) is 17.6 Å². The second-order valence-corrected chi connectivity index (χ2v) is 7.38. The van der Waals surface area contributed by atoms with Crippen molar-refractivity contribution in [2.75, 3.05) is 13.2 Å². The molecule has 1 atom stereocenters. The molecule has 2 aromatic rings. The van der Waals surface area contributed by atoms with Crippen LogP contribution in [0.3, 0.4) is 0 Å². The minimum Gasteiger partial charge on any atom is -0.381 e. The van der Waals surface area contributed by atoms with Crippen molar-refractivity contribution in [2.45, 2.75) is 44.6 Å². The fraction of sp³-hybridized carbons (Fsp3) is 0.455. The van der Waals surface area contributed by atoms with Crippen LogP contribution in [0.1, 0.15) is 58.8 Å². The number of amides is 1. The van der Waals surface area contributed by atoms with Crippen LogP contribution < -0.4 is 5.32 Å². The first kappa shape index (κ1) is 17.2. The molecule has 1 saturated heterocycles. The summed E-state index contributed by atoms with van der Waals surface area (Å²) < 4.78 is 5.51. The number of nitrogens with zero attached hydrogens (tertiary/aromatic N) is 1. The maximum Gasteiger partial charge on any atom is 0.251 e. The molecular formula is C22H26N2O2. The van der Waals surface area contributed by atoms with Crippen LogP contribution in [0.2, 0.25) is 0 Å². The van der Waals surface area contributed by atoms with Crippen molar-refractivity contribution in [3.05, 3.63) is 65.0 Å². The molecule has 1 aromatic carbocycles. The van der Waals surface area contributed by atoms with Crippen LogP contribution in [-0.4, -0.2) is 24.1 Å². The van der Waals surface area contributed by atoms with Gasteiger partial charge in [0.05, 0.1) is 6.04 Å². The number of aromatic nitrogens is 1. The summed E-state index contributed by atoms with van der Waals surface area (Å²) in [5, 5.41) is 3.29. The third-order valence-electron chi connectivity index (χ3n) is 5.68. The van der Waals surface area contributed by atoms with Gasteiger partial charge in [-0.3, -0.25) is 9.78 Å². The summed E-state index contributed by atoms with van der Waals surface area (Å²) in [7, 11) is 0. The van der Waals surface area contributed by atoms with Crippen LogP contribution in [0, 0.1) is 5.92 Å². The number of pyridine rings is 1. The average Bonchev–Trinajstić information content (AvgIpc) is 2.72. The molecule has 1 aliphatic carbocycles. The summed E-state index contributed by atoms with van der Waals surface area (Å²) in [4.78, 5) is 17.2. The molecule has 0 saturated carbocycles. The van der Waals surface area contributed by atoms with Crippen molar-refractivity contribution in [1.29, 1.82) is 0 Å². The summed E-state index contributed by atoms with van der Waals surface area (Å²) in [5.41, 5.74) is 4.59. The molecule has 4 rings (SSSR count). The average molecular weight is 350 g/mol. The van der Waals surface area contributed by atoms with Crippen LogP contribution in [0.15, 0.2) is 42.7 Å². The second kappa shape index (κ2) is 8.00. The Morgan fingerprint density at radius 2 is 1.92 bits per heavy atom. The van der Waals surface area contributed by atoms with E-state index in [0.29, 0.717) is 5.92 Å². The molecule has 2 aliphatic rings. The zero-order valence-corrected chi connectivity index (χ0v) is 15.1. The van der Waals surface area contributed by atoms with Crippen molar-refractivity contribution in [1.82, 2.24) is 10.3 Å². The van der Waals surface area contributed by atoms with Gasteiger partial charge in [0.2, 0.25) is 0 Å². The van der Waals surface area contributed by atoms with Crippen molar-refractivity contribution >= 4 is 5.91 Å². The number of rotatable bonds is 4. The molecule has 136 valence electrons. The third-order valence-corrected chi connectivity index (χ3v) is 5.68. The summed E-state index contributed by atoms with van der Waals surface area (Å²) >= 11 is 0. The number of benzene rings is 1. The molecule has 4 nitrogen and oxygen atoms in total. The molecule has 0 radical (unpaired) electrons. The summed E-state index contributed by atoms with van der Waals surface area (Å²) in [6.45, 7) is 1.52. The predicted molar refractivity (Wildman–Crippen MR) is 101 cm³/mol. The lowest BCUT2D eigenvalue weighted by molar-refractivity contribution is 0.0513. The van der Waals surface area contributed by atoms with Gasteiger partial charge in [-0.2, -0.15) is 0 Å². The molecule has 0 spiro atoms. The Balaban J connectivity index is 1.56. The highest BCUT2D eigenvalue weighted by Gasteiger charge is 2.27. The number of nitrogens with one attached hydrogen (secondary N) is 1. The van der Waals surface area contributed by atoms with Gasteiger partial charge >= 0.3 is 0 Å². The minimum atomic E-state index is -0.0175. The highest BCUT2D eigenvalue weighted by molar-refractivity contribution is 5.94. The maximum atomic E-state index is 13.0. The van der Waals surface area contributed by atoms with Crippen molar-refractivity contribution in [3.63, 3.8) is 0 Å². The Morgan fingerprint density at radius 3 is 2.69 bits per heavy atom. The van der Waals surface area contributed by atoms with Gasteiger partial charge in [0, 0.05) is 31.2 Å². The van der Waals surface area contributed by atoms with E-state index in [9.17, 15) is 4.79 Å². The number of hydrogen-bond acceptors (Lipinski definition) is 3. The van der Waals surface area contributed by atoms with E-state index in [-0.39, 0.29) is 11.9 Å². The van der Waals surface area contributed by atoms with Gasteiger partial charge in [0.1, 0.15) is 0 Å². The van der Waals surface area contributed by atoms with Crippen LogP contribution in [0.5, 0.6) is 0 Å². The molecule has 0 bridgehead atoms. The fourth-order valence-corrected chi connectivity index (χ4v) is 4.18. The Labute approximate surface area is 155 Å². The predicted octanol–water partition coefficient (Wildman–Crippen LogP) is 3.86. The Kier molecular flexibility index (Phi) is 5.30. The Morgan fingerprint density at radius 1 is 1.12 bits per heavy atom. The lowest BCUT2D eigenvalue weighted by Crippen LogP contribution is -2.36. The van der Waals surface area contributed by atoms with Crippen molar-refractivity contribution < 1.29 is 9.53 Å². The van der Waals surface area contributed by atoms with Crippen LogP contribution >= 0.6 is 0 Å². The van der Waals surface area contributed by atoms with Gasteiger partial charge in [-0.15, -0.1) is 0 Å². The van der Waals surface area contributed by atoms with E-state index >= 15 is 0 Å². The molecule has 2 heterocycles. The van der Waals surface area contributed by atoms with Gasteiger partial charge in [-0.1, -0.05) is 12.1 Å². The fourth-order valence-electron chi connectivity index (χ4n) is 4.18. The lowest BCUT2D eigenvalue weighted by atomic mass is 9.87. The first-order chi connectivity index (χ1) is 12.8. The van der Waals surface area contributed by atoms with Crippen LogP contribution in [0.25, 0.3) is 0 Å². The first-order valence-electron chi connectivity index (χ1n) is 9.71. The van der Waals surface area contributed by atoms with E-state index in [0.717, 1.165) is 50.0 Å². The van der Waals surface area contributed by atoms with Gasteiger partial charge in [0.25, 0.3) is 5.91 Å². The van der Waals surface area contributed by atoms with Gasteiger partial charge in [-0.05, 0) is 79.3 Å². The van der Waals surface area contributed by atoms with E-state index in [4.69, 9.17) is 4.74 Å². The number of carbonyl (C=O) groups excluding carboxylic acids is 1. The second-order valence-electron chi connectivity index (χ2n) is 7.38. The SMILES string of the molecule is O=C(NC(c1cccnc1)C1CCOCC1)c1ccc2c(c1)CCCC2. The molecule has 1 N–H and O–H groups in total. The summed E-state index contributed by atoms with van der Waals surface area (Å²) in [6, 6.07) is 10.2. The molecule has 4 heteroatoms. The largest absolute Gasteiger partial charge is 0.381 e. The molecule has 1 aromatic heterocycles. The minimum absolute atomic E-state index is 0.0127. The van der Waals surface area contributed by atoms with Crippen LogP contribution in [0.4, 0.5) is 0 Å². The highest BCUT2D eigenvalue weighted by atomic mass is 16.5. The standard InChI is InChI=1S/C22H26N2O2/c25-22(19-8-7-16-4-1-2-5-18(16)14-19)24-21(17-9-12-26-13-10-17)20-6-3-11-23-15-20/h3,6-8,11,14-15,17,21H,1-2,4-5,9-10,12-13H2,(H,24,25). The van der Waals surface area contributed by atoms with E-state index in [2.05, 4.69) is 28.5 Å². The monoisotopic (exact) mass is 350 g/mol.